The maximum absolute atomic E-state index is 8.90. The van der Waals surface area contributed by atoms with Gasteiger partial charge in [-0.1, -0.05) is 0 Å². The first-order chi connectivity index (χ1) is 9.67. The summed E-state index contributed by atoms with van der Waals surface area (Å²) in [6.45, 7) is 0.543. The van der Waals surface area contributed by atoms with Gasteiger partial charge in [0.15, 0.2) is 0 Å². The van der Waals surface area contributed by atoms with Gasteiger partial charge in [0.25, 0.3) is 0 Å². The number of anilines is 1. The SMILES string of the molecule is N#Cc1ccc2c(c1)nc(N)n2Cc1ccc(Br)cn1. The Kier molecular flexibility index (Phi) is 3.12. The number of benzene rings is 1. The summed E-state index contributed by atoms with van der Waals surface area (Å²) in [4.78, 5) is 8.62. The first kappa shape index (κ1) is 12.6. The van der Waals surface area contributed by atoms with E-state index < -0.39 is 0 Å². The Bertz CT molecular complexity index is 814. The van der Waals surface area contributed by atoms with Gasteiger partial charge in [-0.2, -0.15) is 5.26 Å². The van der Waals surface area contributed by atoms with Gasteiger partial charge in [-0.3, -0.25) is 4.98 Å². The van der Waals surface area contributed by atoms with Gasteiger partial charge in [-0.15, -0.1) is 0 Å². The molecule has 2 aromatic heterocycles. The lowest BCUT2D eigenvalue weighted by Gasteiger charge is -2.06. The van der Waals surface area contributed by atoms with Crippen LogP contribution in [0.5, 0.6) is 0 Å². The molecule has 20 heavy (non-hydrogen) atoms. The molecule has 0 aliphatic carbocycles. The van der Waals surface area contributed by atoms with Crippen molar-refractivity contribution in [1.82, 2.24) is 14.5 Å². The molecule has 0 radical (unpaired) electrons. The molecule has 1 aromatic carbocycles. The third kappa shape index (κ3) is 2.24. The number of imidazole rings is 1. The molecular weight excluding hydrogens is 318 g/mol. The number of rotatable bonds is 2. The van der Waals surface area contributed by atoms with E-state index in [0.717, 1.165) is 21.2 Å². The average Bonchev–Trinajstić information content (AvgIpc) is 2.76. The van der Waals surface area contributed by atoms with Crippen molar-refractivity contribution < 1.29 is 0 Å². The van der Waals surface area contributed by atoms with E-state index in [4.69, 9.17) is 11.0 Å². The van der Waals surface area contributed by atoms with Crippen LogP contribution < -0.4 is 5.73 Å². The number of hydrogen-bond acceptors (Lipinski definition) is 4. The van der Waals surface area contributed by atoms with Crippen LogP contribution in [0, 0.1) is 11.3 Å². The van der Waals surface area contributed by atoms with Gasteiger partial charge < -0.3 is 10.3 Å². The van der Waals surface area contributed by atoms with Gasteiger partial charge in [-0.25, -0.2) is 4.98 Å². The Morgan fingerprint density at radius 2 is 2.15 bits per heavy atom. The number of nitrogens with two attached hydrogens (primary N) is 1. The van der Waals surface area contributed by atoms with E-state index in [9.17, 15) is 0 Å². The number of halogens is 1. The van der Waals surface area contributed by atoms with Crippen molar-refractivity contribution >= 4 is 32.9 Å². The predicted octanol–water partition coefficient (Wildman–Crippen LogP) is 2.70. The highest BCUT2D eigenvalue weighted by Gasteiger charge is 2.09. The Balaban J connectivity index is 2.05. The van der Waals surface area contributed by atoms with Crippen molar-refractivity contribution in [3.8, 4) is 6.07 Å². The summed E-state index contributed by atoms with van der Waals surface area (Å²) in [6.07, 6.45) is 1.75. The van der Waals surface area contributed by atoms with E-state index in [1.165, 1.54) is 0 Å². The molecule has 0 atom stereocenters. The fourth-order valence-corrected chi connectivity index (χ4v) is 2.28. The van der Waals surface area contributed by atoms with E-state index in [2.05, 4.69) is 32.0 Å². The van der Waals surface area contributed by atoms with Crippen molar-refractivity contribution in [3.05, 3.63) is 52.3 Å². The molecule has 0 saturated carbocycles. The summed E-state index contributed by atoms with van der Waals surface area (Å²) in [6, 6.07) is 11.3. The van der Waals surface area contributed by atoms with Crippen molar-refractivity contribution in [3.63, 3.8) is 0 Å². The van der Waals surface area contributed by atoms with Gasteiger partial charge in [0.2, 0.25) is 5.95 Å². The Labute approximate surface area is 123 Å². The van der Waals surface area contributed by atoms with Gasteiger partial charge in [0, 0.05) is 10.7 Å². The summed E-state index contributed by atoms with van der Waals surface area (Å²) < 4.78 is 2.82. The lowest BCUT2D eigenvalue weighted by Crippen LogP contribution is -2.05. The number of pyridine rings is 1. The minimum atomic E-state index is 0.416. The van der Waals surface area contributed by atoms with E-state index in [-0.39, 0.29) is 0 Å². The largest absolute Gasteiger partial charge is 0.369 e. The standard InChI is InChI=1S/C14H10BrN5/c15-10-2-3-11(18-7-10)8-20-13-4-1-9(6-16)5-12(13)19-14(20)17/h1-5,7H,8H2,(H2,17,19). The van der Waals surface area contributed by atoms with Crippen LogP contribution in [0.3, 0.4) is 0 Å². The Morgan fingerprint density at radius 3 is 2.85 bits per heavy atom. The lowest BCUT2D eigenvalue weighted by atomic mass is 10.2. The number of fused-ring (bicyclic) bond motifs is 1. The maximum Gasteiger partial charge on any atom is 0.201 e. The minimum Gasteiger partial charge on any atom is -0.369 e. The molecule has 0 saturated heterocycles. The summed E-state index contributed by atoms with van der Waals surface area (Å²) in [5, 5.41) is 8.90. The lowest BCUT2D eigenvalue weighted by molar-refractivity contribution is 0.809. The summed E-state index contributed by atoms with van der Waals surface area (Å²) in [5.74, 6) is 0.416. The first-order valence-electron chi connectivity index (χ1n) is 5.93. The molecule has 0 unspecified atom stereocenters. The molecule has 3 rings (SSSR count). The van der Waals surface area contributed by atoms with Gasteiger partial charge >= 0.3 is 0 Å². The van der Waals surface area contributed by atoms with Crippen molar-refractivity contribution in [1.29, 1.82) is 5.26 Å². The zero-order chi connectivity index (χ0) is 14.1. The highest BCUT2D eigenvalue weighted by molar-refractivity contribution is 9.10. The highest BCUT2D eigenvalue weighted by Crippen LogP contribution is 2.20. The number of hydrogen-bond donors (Lipinski definition) is 1. The maximum atomic E-state index is 8.90. The number of aromatic nitrogens is 3. The van der Waals surface area contributed by atoms with Gasteiger partial charge in [-0.05, 0) is 46.3 Å². The summed E-state index contributed by atoms with van der Waals surface area (Å²) in [7, 11) is 0. The first-order valence-corrected chi connectivity index (χ1v) is 6.73. The summed E-state index contributed by atoms with van der Waals surface area (Å²) >= 11 is 3.36. The molecule has 3 aromatic rings. The third-order valence-electron chi connectivity index (χ3n) is 3.02. The molecule has 0 spiro atoms. The number of nitrogens with zero attached hydrogens (tertiary/aromatic N) is 4. The molecule has 0 amide bonds. The van der Waals surface area contributed by atoms with Gasteiger partial charge in [0.05, 0.1) is 34.9 Å². The molecule has 98 valence electrons. The molecule has 6 heteroatoms. The highest BCUT2D eigenvalue weighted by atomic mass is 79.9. The zero-order valence-corrected chi connectivity index (χ0v) is 12.0. The van der Waals surface area contributed by atoms with Crippen LogP contribution >= 0.6 is 15.9 Å². The second kappa shape index (κ2) is 4.94. The second-order valence-corrected chi connectivity index (χ2v) is 5.25. The quantitative estimate of drug-likeness (QED) is 0.784. The third-order valence-corrected chi connectivity index (χ3v) is 3.48. The molecule has 0 aliphatic heterocycles. The molecule has 5 nitrogen and oxygen atoms in total. The van der Waals surface area contributed by atoms with Crippen LogP contribution in [-0.2, 0) is 6.54 Å². The van der Waals surface area contributed by atoms with Crippen LogP contribution in [0.4, 0.5) is 5.95 Å². The monoisotopic (exact) mass is 327 g/mol. The van der Waals surface area contributed by atoms with E-state index in [0.29, 0.717) is 18.1 Å². The predicted molar refractivity (Wildman–Crippen MR) is 79.9 cm³/mol. The van der Waals surface area contributed by atoms with E-state index in [1.807, 2.05) is 22.8 Å². The fraction of sp³-hybridized carbons (Fsp3) is 0.0714. The number of nitrogen functional groups attached to an aromatic ring is 1. The van der Waals surface area contributed by atoms with Crippen molar-refractivity contribution in [2.45, 2.75) is 6.54 Å². The second-order valence-electron chi connectivity index (χ2n) is 4.34. The smallest absolute Gasteiger partial charge is 0.201 e. The molecular formula is C14H10BrN5. The van der Waals surface area contributed by atoms with Gasteiger partial charge in [0.1, 0.15) is 0 Å². The van der Waals surface area contributed by atoms with Crippen LogP contribution in [0.2, 0.25) is 0 Å². The molecule has 0 aliphatic rings. The average molecular weight is 328 g/mol. The van der Waals surface area contributed by atoms with E-state index >= 15 is 0 Å². The van der Waals surface area contributed by atoms with Crippen LogP contribution in [0.25, 0.3) is 11.0 Å². The topological polar surface area (TPSA) is 80.5 Å². The van der Waals surface area contributed by atoms with Crippen LogP contribution in [0.15, 0.2) is 41.0 Å². The molecule has 0 bridgehead atoms. The minimum absolute atomic E-state index is 0.416. The zero-order valence-electron chi connectivity index (χ0n) is 10.4. The number of nitriles is 1. The molecule has 2 heterocycles. The van der Waals surface area contributed by atoms with Crippen LogP contribution in [-0.4, -0.2) is 14.5 Å². The van der Waals surface area contributed by atoms with Crippen molar-refractivity contribution in [2.24, 2.45) is 0 Å². The molecule has 0 fully saturated rings. The van der Waals surface area contributed by atoms with Crippen molar-refractivity contribution in [2.75, 3.05) is 5.73 Å². The van der Waals surface area contributed by atoms with E-state index in [1.54, 1.807) is 18.3 Å². The fourth-order valence-electron chi connectivity index (χ4n) is 2.05. The van der Waals surface area contributed by atoms with Crippen LogP contribution in [0.1, 0.15) is 11.3 Å². The Morgan fingerprint density at radius 1 is 1.30 bits per heavy atom. The normalized spacial score (nSPS) is 10.6. The summed E-state index contributed by atoms with van der Waals surface area (Å²) in [5.41, 5.74) is 9.04. The Hall–Kier alpha value is -2.39. The molecule has 2 N–H and O–H groups in total.